The van der Waals surface area contributed by atoms with Crippen LogP contribution in [0.3, 0.4) is 0 Å². The molecule has 0 aliphatic carbocycles. The topological polar surface area (TPSA) is 43.3 Å². The summed E-state index contributed by atoms with van der Waals surface area (Å²) in [5, 5.41) is 2.74. The van der Waals surface area contributed by atoms with Gasteiger partial charge in [0, 0.05) is 7.11 Å². The number of fused-ring (bicyclic) bond motifs is 1. The minimum atomic E-state index is -0.259. The van der Waals surface area contributed by atoms with Crippen molar-refractivity contribution in [3.05, 3.63) is 20.8 Å². The standard InChI is InChI=1S/C8H8Br2N2O2/c1-14-6-3-12-5(8(13)11-6)2-4(9)7(12)10/h2,6H,3H2,1H3,(H,11,13)/t6-/m1/s1. The fourth-order valence-corrected chi connectivity index (χ4v) is 2.31. The van der Waals surface area contributed by atoms with Crippen LogP contribution < -0.4 is 5.32 Å². The summed E-state index contributed by atoms with van der Waals surface area (Å²) in [6.45, 7) is 0.615. The maximum absolute atomic E-state index is 11.6. The Morgan fingerprint density at radius 3 is 3.00 bits per heavy atom. The molecule has 0 unspecified atom stereocenters. The molecule has 2 rings (SSSR count). The Morgan fingerprint density at radius 2 is 2.36 bits per heavy atom. The van der Waals surface area contributed by atoms with Crippen molar-refractivity contribution in [3.63, 3.8) is 0 Å². The number of hydrogen-bond acceptors (Lipinski definition) is 2. The SMILES string of the molecule is CO[C@@H]1Cn2c(cc(Br)c2Br)C(=O)N1. The van der Waals surface area contributed by atoms with Crippen LogP contribution >= 0.6 is 31.9 Å². The van der Waals surface area contributed by atoms with Crippen LogP contribution in [0, 0.1) is 0 Å². The summed E-state index contributed by atoms with van der Waals surface area (Å²) in [6.07, 6.45) is -0.259. The summed E-state index contributed by atoms with van der Waals surface area (Å²) in [5.74, 6) is -0.116. The second kappa shape index (κ2) is 3.67. The predicted molar refractivity (Wildman–Crippen MR) is 58.1 cm³/mol. The quantitative estimate of drug-likeness (QED) is 0.855. The van der Waals surface area contributed by atoms with Crippen molar-refractivity contribution in [3.8, 4) is 0 Å². The number of aromatic nitrogens is 1. The van der Waals surface area contributed by atoms with E-state index in [1.54, 1.807) is 13.2 Å². The molecule has 0 spiro atoms. The summed E-state index contributed by atoms with van der Waals surface area (Å²) in [6, 6.07) is 1.78. The van der Waals surface area contributed by atoms with E-state index >= 15 is 0 Å². The van der Waals surface area contributed by atoms with Crippen molar-refractivity contribution in [2.75, 3.05) is 7.11 Å². The summed E-state index contributed by atoms with van der Waals surface area (Å²) >= 11 is 6.76. The Hall–Kier alpha value is -0.330. The van der Waals surface area contributed by atoms with Gasteiger partial charge in [-0.15, -0.1) is 0 Å². The highest BCUT2D eigenvalue weighted by molar-refractivity contribution is 9.13. The molecule has 1 aromatic rings. The molecule has 2 heterocycles. The molecule has 6 heteroatoms. The maximum atomic E-state index is 11.6. The molecular formula is C8H8Br2N2O2. The number of amides is 1. The van der Waals surface area contributed by atoms with Gasteiger partial charge in [-0.2, -0.15) is 0 Å². The van der Waals surface area contributed by atoms with Gasteiger partial charge in [0.1, 0.15) is 11.9 Å². The van der Waals surface area contributed by atoms with Crippen LogP contribution in [0.25, 0.3) is 0 Å². The summed E-state index contributed by atoms with van der Waals surface area (Å²) in [4.78, 5) is 11.6. The van der Waals surface area contributed by atoms with Crippen molar-refractivity contribution in [2.24, 2.45) is 0 Å². The number of rotatable bonds is 1. The highest BCUT2D eigenvalue weighted by Gasteiger charge is 2.26. The Kier molecular flexibility index (Phi) is 2.68. The molecular weight excluding hydrogens is 316 g/mol. The largest absolute Gasteiger partial charge is 0.360 e. The van der Waals surface area contributed by atoms with Crippen molar-refractivity contribution in [2.45, 2.75) is 12.8 Å². The van der Waals surface area contributed by atoms with Crippen LogP contribution in [-0.4, -0.2) is 23.8 Å². The van der Waals surface area contributed by atoms with Gasteiger partial charge in [0.05, 0.1) is 15.6 Å². The fourth-order valence-electron chi connectivity index (χ4n) is 1.42. The minimum Gasteiger partial charge on any atom is -0.360 e. The molecule has 4 nitrogen and oxygen atoms in total. The number of carbonyl (C=O) groups is 1. The van der Waals surface area contributed by atoms with E-state index in [2.05, 4.69) is 37.2 Å². The van der Waals surface area contributed by atoms with E-state index in [-0.39, 0.29) is 12.1 Å². The zero-order chi connectivity index (χ0) is 10.3. The lowest BCUT2D eigenvalue weighted by atomic mass is 10.3. The number of ether oxygens (including phenoxy) is 1. The highest BCUT2D eigenvalue weighted by atomic mass is 79.9. The van der Waals surface area contributed by atoms with Gasteiger partial charge in [0.25, 0.3) is 5.91 Å². The van der Waals surface area contributed by atoms with Crippen LogP contribution in [0.15, 0.2) is 15.1 Å². The third kappa shape index (κ3) is 1.51. The smallest absolute Gasteiger partial charge is 0.270 e. The normalized spacial score (nSPS) is 20.5. The average Bonchev–Trinajstić information content (AvgIpc) is 2.45. The second-order valence-electron chi connectivity index (χ2n) is 2.98. The molecule has 0 fully saturated rings. The van der Waals surface area contributed by atoms with Crippen molar-refractivity contribution in [1.82, 2.24) is 9.88 Å². The predicted octanol–water partition coefficient (Wildman–Crippen LogP) is 1.73. The monoisotopic (exact) mass is 322 g/mol. The fraction of sp³-hybridized carbons (Fsp3) is 0.375. The van der Waals surface area contributed by atoms with Crippen LogP contribution in [-0.2, 0) is 11.3 Å². The third-order valence-electron chi connectivity index (χ3n) is 2.15. The summed E-state index contributed by atoms with van der Waals surface area (Å²) in [7, 11) is 1.57. The molecule has 1 N–H and O–H groups in total. The van der Waals surface area contributed by atoms with Gasteiger partial charge in [-0.05, 0) is 37.9 Å². The highest BCUT2D eigenvalue weighted by Crippen LogP contribution is 2.29. The van der Waals surface area contributed by atoms with E-state index in [0.29, 0.717) is 12.2 Å². The van der Waals surface area contributed by atoms with Gasteiger partial charge < -0.3 is 14.6 Å². The van der Waals surface area contributed by atoms with E-state index in [0.717, 1.165) is 9.08 Å². The van der Waals surface area contributed by atoms with Gasteiger partial charge in [-0.1, -0.05) is 0 Å². The third-order valence-corrected chi connectivity index (χ3v) is 4.14. The van der Waals surface area contributed by atoms with Crippen molar-refractivity contribution < 1.29 is 9.53 Å². The van der Waals surface area contributed by atoms with E-state index in [1.165, 1.54) is 0 Å². The van der Waals surface area contributed by atoms with Gasteiger partial charge in [-0.25, -0.2) is 0 Å². The Bertz CT molecular complexity index is 389. The zero-order valence-corrected chi connectivity index (χ0v) is 10.6. The molecule has 0 radical (unpaired) electrons. The first-order valence-corrected chi connectivity index (χ1v) is 5.60. The first-order valence-electron chi connectivity index (χ1n) is 4.01. The molecule has 1 amide bonds. The second-order valence-corrected chi connectivity index (χ2v) is 4.58. The van der Waals surface area contributed by atoms with E-state index in [9.17, 15) is 4.79 Å². The van der Waals surface area contributed by atoms with Crippen LogP contribution in [0.5, 0.6) is 0 Å². The number of carbonyl (C=O) groups excluding carboxylic acids is 1. The van der Waals surface area contributed by atoms with Crippen LogP contribution in [0.2, 0.25) is 0 Å². The van der Waals surface area contributed by atoms with Crippen molar-refractivity contribution in [1.29, 1.82) is 0 Å². The van der Waals surface area contributed by atoms with Gasteiger partial charge >= 0.3 is 0 Å². The molecule has 0 saturated heterocycles. The minimum absolute atomic E-state index is 0.116. The van der Waals surface area contributed by atoms with E-state index < -0.39 is 0 Å². The molecule has 0 bridgehead atoms. The van der Waals surface area contributed by atoms with Crippen molar-refractivity contribution >= 4 is 37.8 Å². The first kappa shape index (κ1) is 10.2. The number of methoxy groups -OCH3 is 1. The van der Waals surface area contributed by atoms with E-state index in [4.69, 9.17) is 4.74 Å². The zero-order valence-electron chi connectivity index (χ0n) is 7.38. The molecule has 76 valence electrons. The van der Waals surface area contributed by atoms with E-state index in [1.807, 2.05) is 4.57 Å². The number of nitrogens with zero attached hydrogens (tertiary/aromatic N) is 1. The van der Waals surface area contributed by atoms with Crippen LogP contribution in [0.1, 0.15) is 10.5 Å². The molecule has 14 heavy (non-hydrogen) atoms. The van der Waals surface area contributed by atoms with Gasteiger partial charge in [-0.3, -0.25) is 4.79 Å². The molecule has 0 saturated carbocycles. The molecule has 1 atom stereocenters. The Labute approximate surface area is 97.9 Å². The lowest BCUT2D eigenvalue weighted by molar-refractivity contribution is 0.0403. The summed E-state index contributed by atoms with van der Waals surface area (Å²) in [5.41, 5.74) is 0.636. The van der Waals surface area contributed by atoms with Gasteiger partial charge in [0.2, 0.25) is 0 Å². The number of hydrogen-bond donors (Lipinski definition) is 1. The Morgan fingerprint density at radius 1 is 1.64 bits per heavy atom. The lowest BCUT2D eigenvalue weighted by Gasteiger charge is -2.24. The molecule has 1 aliphatic heterocycles. The summed E-state index contributed by atoms with van der Waals surface area (Å²) < 4.78 is 8.71. The molecule has 1 aromatic heterocycles. The molecule has 1 aliphatic rings. The van der Waals surface area contributed by atoms with Crippen LogP contribution in [0.4, 0.5) is 0 Å². The number of nitrogens with one attached hydrogen (secondary N) is 1. The molecule has 0 aromatic carbocycles. The first-order chi connectivity index (χ1) is 6.63. The van der Waals surface area contributed by atoms with Gasteiger partial charge in [0.15, 0.2) is 0 Å². The number of halogens is 2. The lowest BCUT2D eigenvalue weighted by Crippen LogP contribution is -2.45. The maximum Gasteiger partial charge on any atom is 0.270 e. The Balaban J connectivity index is 2.45. The average molecular weight is 324 g/mol.